The molecule has 2 rings (SSSR count). The third-order valence-electron chi connectivity index (χ3n) is 3.45. The lowest BCUT2D eigenvalue weighted by molar-refractivity contribution is 0.319. The molecule has 1 heterocycles. The van der Waals surface area contributed by atoms with Crippen LogP contribution in [0.25, 0.3) is 11.1 Å². The van der Waals surface area contributed by atoms with E-state index in [-0.39, 0.29) is 0 Å². The first-order chi connectivity index (χ1) is 10.3. The predicted molar refractivity (Wildman–Crippen MR) is 82.2 cm³/mol. The molecule has 0 radical (unpaired) electrons. The van der Waals surface area contributed by atoms with E-state index in [9.17, 15) is 4.39 Å². The molecule has 4 heteroatoms. The van der Waals surface area contributed by atoms with Crippen LogP contribution in [0, 0.1) is 0 Å². The number of nitrogens with zero attached hydrogens (tertiary/aromatic N) is 1. The fraction of sp³-hybridized carbons (Fsp3) is 0.471. The summed E-state index contributed by atoms with van der Waals surface area (Å²) < 4.78 is 23.8. The van der Waals surface area contributed by atoms with E-state index in [2.05, 4.69) is 11.9 Å². The molecule has 0 aliphatic heterocycles. The maximum Gasteiger partial charge on any atom is 0.195 e. The number of oxazole rings is 1. The third-order valence-corrected chi connectivity index (χ3v) is 3.45. The summed E-state index contributed by atoms with van der Waals surface area (Å²) in [5, 5.41) is 0. The molecule has 0 saturated carbocycles. The van der Waals surface area contributed by atoms with Crippen molar-refractivity contribution in [1.82, 2.24) is 4.98 Å². The molecule has 3 nitrogen and oxygen atoms in total. The summed E-state index contributed by atoms with van der Waals surface area (Å²) >= 11 is 0. The maximum atomic E-state index is 12.5. The van der Waals surface area contributed by atoms with Crippen LogP contribution >= 0.6 is 0 Å². The lowest BCUT2D eigenvalue weighted by Gasteiger charge is -2.06. The van der Waals surface area contributed by atoms with E-state index in [0.29, 0.717) is 25.8 Å². The van der Waals surface area contributed by atoms with Gasteiger partial charge in [0.1, 0.15) is 11.3 Å². The van der Waals surface area contributed by atoms with Crippen molar-refractivity contribution in [3.63, 3.8) is 0 Å². The Labute approximate surface area is 124 Å². The zero-order valence-electron chi connectivity index (χ0n) is 12.7. The van der Waals surface area contributed by atoms with E-state index >= 15 is 0 Å². The Kier molecular flexibility index (Phi) is 5.78. The minimum absolute atomic E-state index is 0.464. The second-order valence-electron chi connectivity index (χ2n) is 5.06. The van der Waals surface area contributed by atoms with Gasteiger partial charge in [-0.3, -0.25) is 0 Å². The molecule has 2 aromatic rings. The smallest absolute Gasteiger partial charge is 0.195 e. The van der Waals surface area contributed by atoms with E-state index in [1.54, 1.807) is 0 Å². The van der Waals surface area contributed by atoms with Gasteiger partial charge in [-0.2, -0.15) is 0 Å². The van der Waals surface area contributed by atoms with Gasteiger partial charge in [-0.05, 0) is 30.5 Å². The number of halogens is 1. The van der Waals surface area contributed by atoms with Crippen LogP contribution in [0.15, 0.2) is 34.5 Å². The number of aryl methyl sites for hydroxylation is 1. The van der Waals surface area contributed by atoms with Crippen molar-refractivity contribution in [3.8, 4) is 5.75 Å². The first-order valence-corrected chi connectivity index (χ1v) is 7.57. The van der Waals surface area contributed by atoms with Gasteiger partial charge in [-0.1, -0.05) is 20.3 Å². The Bertz CT molecular complexity index is 604. The molecule has 0 atom stereocenters. The van der Waals surface area contributed by atoms with Crippen molar-refractivity contribution < 1.29 is 13.5 Å². The highest BCUT2D eigenvalue weighted by Crippen LogP contribution is 2.23. The number of aromatic nitrogens is 1. The monoisotopic (exact) mass is 291 g/mol. The fourth-order valence-corrected chi connectivity index (χ4v) is 2.09. The molecule has 0 spiro atoms. The number of hydrogen-bond acceptors (Lipinski definition) is 3. The zero-order chi connectivity index (χ0) is 15.1. The highest BCUT2D eigenvalue weighted by molar-refractivity contribution is 5.74. The number of fused-ring (bicyclic) bond motifs is 1. The van der Waals surface area contributed by atoms with Gasteiger partial charge in [0.25, 0.3) is 0 Å². The third kappa shape index (κ3) is 4.31. The number of hydrogen-bond donors (Lipinski definition) is 0. The van der Waals surface area contributed by atoms with Gasteiger partial charge in [-0.15, -0.1) is 0 Å². The summed E-state index contributed by atoms with van der Waals surface area (Å²) in [5.74, 6) is 1.51. The first-order valence-electron chi connectivity index (χ1n) is 7.57. The van der Waals surface area contributed by atoms with Crippen molar-refractivity contribution in [3.05, 3.63) is 36.0 Å². The van der Waals surface area contributed by atoms with Crippen LogP contribution in [-0.2, 0) is 6.42 Å². The average molecular weight is 291 g/mol. The second kappa shape index (κ2) is 7.81. The molecule has 0 bridgehead atoms. The summed E-state index contributed by atoms with van der Waals surface area (Å²) in [6, 6.07) is 5.62. The van der Waals surface area contributed by atoms with Crippen LogP contribution in [0.3, 0.4) is 0 Å². The summed E-state index contributed by atoms with van der Waals surface area (Å²) in [4.78, 5) is 4.45. The minimum atomic E-state index is 0.464. The number of unbranched alkanes of at least 4 members (excludes halogenated alkanes) is 1. The molecule has 0 fully saturated rings. The van der Waals surface area contributed by atoms with Crippen LogP contribution < -0.4 is 4.74 Å². The van der Waals surface area contributed by atoms with Crippen molar-refractivity contribution in [2.45, 2.75) is 46.0 Å². The van der Waals surface area contributed by atoms with Gasteiger partial charge < -0.3 is 9.15 Å². The van der Waals surface area contributed by atoms with Crippen LogP contribution in [0.4, 0.5) is 4.39 Å². The van der Waals surface area contributed by atoms with E-state index in [1.807, 2.05) is 25.1 Å². The first kappa shape index (κ1) is 15.5. The number of ether oxygens (including phenoxy) is 1. The van der Waals surface area contributed by atoms with E-state index in [0.717, 1.165) is 47.6 Å². The van der Waals surface area contributed by atoms with E-state index in [1.165, 1.54) is 0 Å². The molecule has 0 aliphatic rings. The van der Waals surface area contributed by atoms with Crippen molar-refractivity contribution in [2.75, 3.05) is 6.61 Å². The zero-order valence-corrected chi connectivity index (χ0v) is 12.7. The van der Waals surface area contributed by atoms with Crippen LogP contribution in [0.1, 0.15) is 45.4 Å². The Morgan fingerprint density at radius 1 is 1.38 bits per heavy atom. The molecular formula is C17H22FNO2. The number of rotatable bonds is 8. The summed E-state index contributed by atoms with van der Waals surface area (Å²) in [6.45, 7) is 4.54. The van der Waals surface area contributed by atoms with Gasteiger partial charge >= 0.3 is 0 Å². The van der Waals surface area contributed by atoms with Crippen molar-refractivity contribution in [1.29, 1.82) is 0 Å². The maximum absolute atomic E-state index is 12.5. The minimum Gasteiger partial charge on any atom is -0.493 e. The fourth-order valence-electron chi connectivity index (χ4n) is 2.09. The molecule has 0 saturated heterocycles. The van der Waals surface area contributed by atoms with E-state index < -0.39 is 0 Å². The molecule has 114 valence electrons. The second-order valence-corrected chi connectivity index (χ2v) is 5.06. The van der Waals surface area contributed by atoms with Crippen LogP contribution in [-0.4, -0.2) is 11.6 Å². The normalized spacial score (nSPS) is 12.0. The van der Waals surface area contributed by atoms with Gasteiger partial charge in [0.15, 0.2) is 11.5 Å². The molecule has 0 unspecified atom stereocenters. The molecule has 0 aliphatic carbocycles. The Morgan fingerprint density at radius 2 is 2.24 bits per heavy atom. The average Bonchev–Trinajstić information content (AvgIpc) is 2.91. The molecule has 21 heavy (non-hydrogen) atoms. The summed E-state index contributed by atoms with van der Waals surface area (Å²) in [7, 11) is 0. The molecule has 1 aromatic heterocycles. The van der Waals surface area contributed by atoms with Crippen LogP contribution in [0.5, 0.6) is 5.75 Å². The lowest BCUT2D eigenvalue weighted by atomic mass is 10.2. The topological polar surface area (TPSA) is 35.3 Å². The Balaban J connectivity index is 1.98. The standard InChI is InChI=1S/C17H22FNO2/c1-3-5-6-17-19-15-8-7-14(11-16(15)21-17)20-10-9-13(4-2)12-18/h7-8,11-12H,3-6,9-10H2,1-2H3. The molecule has 0 amide bonds. The van der Waals surface area contributed by atoms with Gasteiger partial charge in [0.2, 0.25) is 0 Å². The van der Waals surface area contributed by atoms with Crippen molar-refractivity contribution in [2.24, 2.45) is 0 Å². The SMILES string of the molecule is CCCCc1nc2ccc(OCCC(=CF)CC)cc2o1. The van der Waals surface area contributed by atoms with Gasteiger partial charge in [0, 0.05) is 18.9 Å². The van der Waals surface area contributed by atoms with Gasteiger partial charge in [-0.25, -0.2) is 9.37 Å². The molecule has 1 aromatic carbocycles. The largest absolute Gasteiger partial charge is 0.493 e. The highest BCUT2D eigenvalue weighted by atomic mass is 19.1. The van der Waals surface area contributed by atoms with Crippen molar-refractivity contribution >= 4 is 11.1 Å². The quantitative estimate of drug-likeness (QED) is 0.670. The van der Waals surface area contributed by atoms with Gasteiger partial charge in [0.05, 0.1) is 12.9 Å². The highest BCUT2D eigenvalue weighted by Gasteiger charge is 2.07. The molecular weight excluding hydrogens is 269 g/mol. The lowest BCUT2D eigenvalue weighted by Crippen LogP contribution is -1.98. The number of benzene rings is 1. The predicted octanol–water partition coefficient (Wildman–Crippen LogP) is 5.20. The summed E-state index contributed by atoms with van der Waals surface area (Å²) in [5.41, 5.74) is 2.36. The van der Waals surface area contributed by atoms with Crippen LogP contribution in [0.2, 0.25) is 0 Å². The Hall–Kier alpha value is -1.84. The summed E-state index contributed by atoms with van der Waals surface area (Å²) in [6.07, 6.45) is 5.04. The van der Waals surface area contributed by atoms with E-state index in [4.69, 9.17) is 9.15 Å². The molecule has 0 N–H and O–H groups in total. The Morgan fingerprint density at radius 3 is 2.95 bits per heavy atom.